The van der Waals surface area contributed by atoms with E-state index in [0.717, 1.165) is 89.9 Å². The van der Waals surface area contributed by atoms with Gasteiger partial charge < -0.3 is 39.9 Å². The van der Waals surface area contributed by atoms with E-state index in [1.807, 2.05) is 0 Å². The third kappa shape index (κ3) is 31.0. The van der Waals surface area contributed by atoms with Crippen LogP contribution in [0.4, 0.5) is 0 Å². The van der Waals surface area contributed by atoms with Crippen molar-refractivity contribution in [2.45, 2.75) is 211 Å². The standard InChI is InChI=1S/C49H83O13P/c1-3-5-7-9-11-13-15-17-19-20-21-22-24-25-27-29-31-33-35-37-42(50)59-39-41(40-60-63(57,58)62-49-47(55)45(53)44(52)46(54)48(49)56)61-43(51)38-36-34-32-30-28-26-23-18-16-14-12-10-8-6-4-2/h5,7,11,13,17-19,21-23,25,27,41,44-49,52-56H,3-4,6,8-10,12,14-16,20,24,26,28-40H2,1-2H3,(H,57,58)/b7-5+,13-11+,19-17+,22-21+,23-18+,27-25+/t41-,44?,45-,46?,47?,48?,49?/m0/s1. The zero-order chi connectivity index (χ0) is 46.4. The minimum absolute atomic E-state index is 0.0757. The van der Waals surface area contributed by atoms with Crippen LogP contribution in [0, 0.1) is 0 Å². The summed E-state index contributed by atoms with van der Waals surface area (Å²) in [7, 11) is -5.13. The number of carbonyl (C=O) groups excluding carboxylic acids is 2. The van der Waals surface area contributed by atoms with E-state index >= 15 is 0 Å². The number of unbranched alkanes of at least 4 members (excludes halogenated alkanes) is 14. The van der Waals surface area contributed by atoms with E-state index in [2.05, 4.69) is 86.8 Å². The van der Waals surface area contributed by atoms with Crippen molar-refractivity contribution in [1.82, 2.24) is 0 Å². The summed E-state index contributed by atoms with van der Waals surface area (Å²) in [6.07, 6.45) is 35.2. The maximum atomic E-state index is 12.8. The summed E-state index contributed by atoms with van der Waals surface area (Å²) in [4.78, 5) is 35.7. The van der Waals surface area contributed by atoms with E-state index in [1.165, 1.54) is 38.5 Å². The maximum Gasteiger partial charge on any atom is 0.472 e. The molecule has 0 heterocycles. The second-order valence-electron chi connectivity index (χ2n) is 16.2. The summed E-state index contributed by atoms with van der Waals surface area (Å²) < 4.78 is 33.5. The highest BCUT2D eigenvalue weighted by Gasteiger charge is 2.51. The smallest absolute Gasteiger partial charge is 0.462 e. The van der Waals surface area contributed by atoms with Gasteiger partial charge in [-0.25, -0.2) is 4.57 Å². The van der Waals surface area contributed by atoms with Gasteiger partial charge in [0.25, 0.3) is 0 Å². The van der Waals surface area contributed by atoms with E-state index in [-0.39, 0.29) is 12.8 Å². The zero-order valence-corrected chi connectivity index (χ0v) is 39.2. The fourth-order valence-corrected chi connectivity index (χ4v) is 7.69. The maximum absolute atomic E-state index is 12.8. The van der Waals surface area contributed by atoms with Crippen LogP contribution in [0.3, 0.4) is 0 Å². The van der Waals surface area contributed by atoms with Crippen LogP contribution in [0.5, 0.6) is 0 Å². The van der Waals surface area contributed by atoms with Crippen molar-refractivity contribution in [3.05, 3.63) is 72.9 Å². The molecule has 1 rings (SSSR count). The van der Waals surface area contributed by atoms with Gasteiger partial charge in [-0.1, -0.05) is 145 Å². The number of aliphatic hydroxyl groups excluding tert-OH is 5. The van der Waals surface area contributed by atoms with Gasteiger partial charge in [-0.15, -0.1) is 0 Å². The fraction of sp³-hybridized carbons (Fsp3) is 0.714. The van der Waals surface area contributed by atoms with Gasteiger partial charge in [0.1, 0.15) is 43.2 Å². The Hall–Kier alpha value is -2.71. The molecule has 6 N–H and O–H groups in total. The monoisotopic (exact) mass is 911 g/mol. The summed E-state index contributed by atoms with van der Waals surface area (Å²) in [5.41, 5.74) is 0. The number of hydrogen-bond acceptors (Lipinski definition) is 12. The molecule has 13 nitrogen and oxygen atoms in total. The molecule has 63 heavy (non-hydrogen) atoms. The van der Waals surface area contributed by atoms with Gasteiger partial charge in [-0.2, -0.15) is 0 Å². The molecule has 0 bridgehead atoms. The molecule has 1 fully saturated rings. The van der Waals surface area contributed by atoms with Gasteiger partial charge in [0.05, 0.1) is 6.61 Å². The molecule has 6 unspecified atom stereocenters. The van der Waals surface area contributed by atoms with Crippen LogP contribution in [0.25, 0.3) is 0 Å². The average molecular weight is 911 g/mol. The van der Waals surface area contributed by atoms with Gasteiger partial charge in [0, 0.05) is 12.8 Å². The Labute approximate surface area is 378 Å². The van der Waals surface area contributed by atoms with Crippen molar-refractivity contribution < 1.29 is 63.1 Å². The number of hydrogen-bond donors (Lipinski definition) is 6. The van der Waals surface area contributed by atoms with Crippen molar-refractivity contribution in [1.29, 1.82) is 0 Å². The molecule has 1 aliphatic carbocycles. The van der Waals surface area contributed by atoms with Gasteiger partial charge in [-0.3, -0.25) is 18.6 Å². The Balaban J connectivity index is 2.48. The van der Waals surface area contributed by atoms with Gasteiger partial charge in [0.2, 0.25) is 0 Å². The first-order valence-electron chi connectivity index (χ1n) is 23.7. The number of esters is 2. The van der Waals surface area contributed by atoms with Crippen molar-refractivity contribution in [2.24, 2.45) is 0 Å². The third-order valence-electron chi connectivity index (χ3n) is 10.5. The number of aliphatic hydroxyl groups is 5. The van der Waals surface area contributed by atoms with Crippen LogP contribution >= 0.6 is 7.82 Å². The molecule has 0 aromatic carbocycles. The lowest BCUT2D eigenvalue weighted by atomic mass is 9.85. The molecule has 8 atom stereocenters. The number of ether oxygens (including phenoxy) is 2. The van der Waals surface area contributed by atoms with Crippen LogP contribution in [-0.4, -0.2) is 98.3 Å². The molecule has 1 aliphatic rings. The number of allylic oxidation sites excluding steroid dienone is 12. The normalized spacial score (nSPS) is 22.3. The topological polar surface area (TPSA) is 210 Å². The predicted octanol–water partition coefficient (Wildman–Crippen LogP) is 9.50. The summed E-state index contributed by atoms with van der Waals surface area (Å²) >= 11 is 0. The minimum atomic E-state index is -5.13. The zero-order valence-electron chi connectivity index (χ0n) is 38.3. The van der Waals surface area contributed by atoms with Crippen LogP contribution in [0.2, 0.25) is 0 Å². The first kappa shape index (κ1) is 58.3. The molecule has 0 aromatic rings. The van der Waals surface area contributed by atoms with Crippen LogP contribution in [-0.2, 0) is 32.7 Å². The molecular formula is C49H83O13P. The Bertz CT molecular complexity index is 1380. The molecule has 362 valence electrons. The number of phosphoric ester groups is 1. The third-order valence-corrected chi connectivity index (χ3v) is 11.5. The Morgan fingerprint density at radius 3 is 1.41 bits per heavy atom. The van der Waals surface area contributed by atoms with Crippen molar-refractivity contribution >= 4 is 19.8 Å². The van der Waals surface area contributed by atoms with E-state index < -0.39 is 75.7 Å². The highest BCUT2D eigenvalue weighted by molar-refractivity contribution is 7.47. The van der Waals surface area contributed by atoms with E-state index in [1.54, 1.807) is 0 Å². The first-order valence-corrected chi connectivity index (χ1v) is 25.2. The lowest BCUT2D eigenvalue weighted by Gasteiger charge is -2.41. The highest BCUT2D eigenvalue weighted by atomic mass is 31.2. The Kier molecular flexibility index (Phi) is 35.7. The molecule has 0 aromatic heterocycles. The van der Waals surface area contributed by atoms with Crippen LogP contribution in [0.1, 0.15) is 168 Å². The number of rotatable bonds is 38. The molecule has 0 saturated heterocycles. The summed E-state index contributed by atoms with van der Waals surface area (Å²) in [5, 5.41) is 50.2. The van der Waals surface area contributed by atoms with Gasteiger partial charge >= 0.3 is 19.8 Å². The summed E-state index contributed by atoms with van der Waals surface area (Å²) in [6.45, 7) is 3.14. The minimum Gasteiger partial charge on any atom is -0.462 e. The average Bonchev–Trinajstić information content (AvgIpc) is 3.26. The SMILES string of the molecule is CC/C=C/C/C=C/C/C=C/C/C=C/C/C=C/CCCCCC(=O)OC[C@@H](COP(=O)(O)OC1C(O)C(O)C(O)[C@H](O)C1O)OC(=O)CCCCCCC/C=C/CCCCCCCC. The first-order chi connectivity index (χ1) is 30.4. The second-order valence-corrected chi connectivity index (χ2v) is 17.6. The summed E-state index contributed by atoms with van der Waals surface area (Å²) in [5.74, 6) is -1.15. The molecule has 0 aliphatic heterocycles. The molecule has 0 amide bonds. The molecule has 0 spiro atoms. The van der Waals surface area contributed by atoms with Crippen molar-refractivity contribution in [3.8, 4) is 0 Å². The van der Waals surface area contributed by atoms with E-state index in [4.69, 9.17) is 18.5 Å². The van der Waals surface area contributed by atoms with Crippen molar-refractivity contribution in [3.63, 3.8) is 0 Å². The molecule has 1 saturated carbocycles. The predicted molar refractivity (Wildman–Crippen MR) is 249 cm³/mol. The van der Waals surface area contributed by atoms with Crippen LogP contribution < -0.4 is 0 Å². The quantitative estimate of drug-likeness (QED) is 0.0148. The largest absolute Gasteiger partial charge is 0.472 e. The number of carbonyl (C=O) groups is 2. The van der Waals surface area contributed by atoms with Crippen LogP contribution in [0.15, 0.2) is 72.9 Å². The molecular weight excluding hydrogens is 827 g/mol. The Morgan fingerprint density at radius 1 is 0.508 bits per heavy atom. The van der Waals surface area contributed by atoms with E-state index in [0.29, 0.717) is 12.8 Å². The lowest BCUT2D eigenvalue weighted by Crippen LogP contribution is -2.64. The highest BCUT2D eigenvalue weighted by Crippen LogP contribution is 2.47. The van der Waals surface area contributed by atoms with Gasteiger partial charge in [-0.05, 0) is 83.5 Å². The van der Waals surface area contributed by atoms with Crippen molar-refractivity contribution in [2.75, 3.05) is 13.2 Å². The Morgan fingerprint density at radius 2 is 0.905 bits per heavy atom. The number of phosphoric acid groups is 1. The summed E-state index contributed by atoms with van der Waals surface area (Å²) in [6, 6.07) is 0. The van der Waals surface area contributed by atoms with E-state index in [9.17, 15) is 44.6 Å². The fourth-order valence-electron chi connectivity index (χ4n) is 6.72. The lowest BCUT2D eigenvalue weighted by molar-refractivity contribution is -0.220. The second kappa shape index (κ2) is 38.5. The van der Waals surface area contributed by atoms with Gasteiger partial charge in [0.15, 0.2) is 6.10 Å². The molecule has 14 heteroatoms. The molecule has 0 radical (unpaired) electrons.